The van der Waals surface area contributed by atoms with Crippen LogP contribution in [0.25, 0.3) is 0 Å². The van der Waals surface area contributed by atoms with Crippen LogP contribution in [0.15, 0.2) is 22.7 Å². The third-order valence-corrected chi connectivity index (χ3v) is 4.18. The van der Waals surface area contributed by atoms with E-state index >= 15 is 0 Å². The monoisotopic (exact) mass is 357 g/mol. The third-order valence-electron chi connectivity index (χ3n) is 3.57. The molecule has 0 aliphatic carbocycles. The van der Waals surface area contributed by atoms with Crippen LogP contribution >= 0.6 is 15.9 Å². The van der Waals surface area contributed by atoms with Gasteiger partial charge in [0.25, 0.3) is 5.91 Å². The van der Waals surface area contributed by atoms with Gasteiger partial charge in [0.05, 0.1) is 17.0 Å². The number of ether oxygens (including phenoxy) is 1. The summed E-state index contributed by atoms with van der Waals surface area (Å²) in [5, 5.41) is 0. The Bertz CT molecular complexity index is 542. The molecule has 21 heavy (non-hydrogen) atoms. The number of carbonyl (C=O) groups excluding carboxylic acids is 2. The highest BCUT2D eigenvalue weighted by Crippen LogP contribution is 2.22. The summed E-state index contributed by atoms with van der Waals surface area (Å²) in [6.07, 6.45) is 1.21. The minimum absolute atomic E-state index is 0.131. The number of benzene rings is 1. The highest BCUT2D eigenvalue weighted by molar-refractivity contribution is 9.10. The number of rotatable bonds is 3. The number of carbonyl (C=O) groups is 2. The average molecular weight is 358 g/mol. The Hall–Kier alpha value is -1.43. The van der Waals surface area contributed by atoms with Gasteiger partial charge in [0.15, 0.2) is 0 Å². The molecule has 1 aromatic rings. The van der Waals surface area contributed by atoms with Gasteiger partial charge in [0, 0.05) is 18.7 Å². The van der Waals surface area contributed by atoms with E-state index in [-0.39, 0.29) is 22.3 Å². The van der Waals surface area contributed by atoms with E-state index in [1.54, 1.807) is 11.8 Å². The number of amides is 1. The number of piperidine rings is 1. The minimum Gasteiger partial charge on any atom is -0.466 e. The molecule has 1 aromatic carbocycles. The Balaban J connectivity index is 1.97. The van der Waals surface area contributed by atoms with Gasteiger partial charge in [-0.3, -0.25) is 9.59 Å². The van der Waals surface area contributed by atoms with Crippen molar-refractivity contribution in [1.29, 1.82) is 0 Å². The molecule has 1 saturated heterocycles. The molecule has 0 spiro atoms. The Morgan fingerprint density at radius 1 is 1.38 bits per heavy atom. The normalized spacial score (nSPS) is 15.9. The lowest BCUT2D eigenvalue weighted by atomic mass is 9.96. The van der Waals surface area contributed by atoms with E-state index in [4.69, 9.17) is 4.74 Å². The molecule has 0 unspecified atom stereocenters. The fourth-order valence-electron chi connectivity index (χ4n) is 2.39. The molecular weight excluding hydrogens is 341 g/mol. The van der Waals surface area contributed by atoms with Gasteiger partial charge in [-0.05, 0) is 53.9 Å². The highest BCUT2D eigenvalue weighted by Gasteiger charge is 2.28. The van der Waals surface area contributed by atoms with Crippen molar-refractivity contribution in [3.8, 4) is 0 Å². The Kier molecular flexibility index (Phi) is 5.33. The van der Waals surface area contributed by atoms with E-state index < -0.39 is 5.82 Å². The number of hydrogen-bond acceptors (Lipinski definition) is 3. The van der Waals surface area contributed by atoms with Crippen molar-refractivity contribution in [3.63, 3.8) is 0 Å². The first-order chi connectivity index (χ1) is 10.0. The summed E-state index contributed by atoms with van der Waals surface area (Å²) in [5.41, 5.74) is 0.442. The van der Waals surface area contributed by atoms with Crippen molar-refractivity contribution in [2.45, 2.75) is 19.8 Å². The molecule has 1 amide bonds. The first-order valence-electron chi connectivity index (χ1n) is 6.94. The van der Waals surface area contributed by atoms with Crippen LogP contribution in [0.5, 0.6) is 0 Å². The first kappa shape index (κ1) is 15.9. The largest absolute Gasteiger partial charge is 0.466 e. The molecule has 2 rings (SSSR count). The van der Waals surface area contributed by atoms with Crippen LogP contribution in [-0.4, -0.2) is 36.5 Å². The lowest BCUT2D eigenvalue weighted by Gasteiger charge is -2.31. The van der Waals surface area contributed by atoms with Crippen LogP contribution in [0.3, 0.4) is 0 Å². The van der Waals surface area contributed by atoms with Crippen molar-refractivity contribution in [3.05, 3.63) is 34.1 Å². The molecule has 114 valence electrons. The SMILES string of the molecule is CCOC(=O)C1CCN(C(=O)c2ccc(F)c(Br)c2)CC1. The van der Waals surface area contributed by atoms with Crippen LogP contribution in [0.2, 0.25) is 0 Å². The highest BCUT2D eigenvalue weighted by atomic mass is 79.9. The van der Waals surface area contributed by atoms with Crippen molar-refractivity contribution in [2.24, 2.45) is 5.92 Å². The molecule has 4 nitrogen and oxygen atoms in total. The summed E-state index contributed by atoms with van der Waals surface area (Å²) in [6, 6.07) is 4.22. The number of likely N-dealkylation sites (tertiary alicyclic amines) is 1. The maximum absolute atomic E-state index is 13.2. The summed E-state index contributed by atoms with van der Waals surface area (Å²) in [7, 11) is 0. The van der Waals surface area contributed by atoms with E-state index in [2.05, 4.69) is 15.9 Å². The molecule has 1 aliphatic rings. The van der Waals surface area contributed by atoms with Gasteiger partial charge >= 0.3 is 5.97 Å². The van der Waals surface area contributed by atoms with Crippen LogP contribution in [0, 0.1) is 11.7 Å². The van der Waals surface area contributed by atoms with Gasteiger partial charge in [-0.1, -0.05) is 0 Å². The standard InChI is InChI=1S/C15H17BrFNO3/c1-2-21-15(20)10-5-7-18(8-6-10)14(19)11-3-4-13(17)12(16)9-11/h3-4,9-10H,2,5-8H2,1H3. The van der Waals surface area contributed by atoms with Crippen LogP contribution in [0.1, 0.15) is 30.1 Å². The fourth-order valence-corrected chi connectivity index (χ4v) is 2.77. The van der Waals surface area contributed by atoms with Crippen molar-refractivity contribution in [1.82, 2.24) is 4.90 Å². The molecule has 1 heterocycles. The molecule has 1 aliphatic heterocycles. The van der Waals surface area contributed by atoms with Gasteiger partial charge in [0.1, 0.15) is 5.82 Å². The second kappa shape index (κ2) is 7.02. The summed E-state index contributed by atoms with van der Waals surface area (Å²) in [6.45, 7) is 3.18. The molecule has 1 fully saturated rings. The van der Waals surface area contributed by atoms with Crippen molar-refractivity contribution < 1.29 is 18.7 Å². The average Bonchev–Trinajstić information content (AvgIpc) is 2.50. The van der Waals surface area contributed by atoms with Gasteiger partial charge in [0.2, 0.25) is 0 Å². The molecule has 0 radical (unpaired) electrons. The molecule has 0 saturated carbocycles. The number of nitrogens with zero attached hydrogens (tertiary/aromatic N) is 1. The summed E-state index contributed by atoms with van der Waals surface area (Å²) in [5.74, 6) is -0.853. The van der Waals surface area contributed by atoms with Crippen LogP contribution in [-0.2, 0) is 9.53 Å². The maximum atomic E-state index is 13.2. The van der Waals surface area contributed by atoms with Crippen LogP contribution < -0.4 is 0 Å². The zero-order valence-corrected chi connectivity index (χ0v) is 13.4. The quantitative estimate of drug-likeness (QED) is 0.781. The predicted molar refractivity (Wildman–Crippen MR) is 79.4 cm³/mol. The first-order valence-corrected chi connectivity index (χ1v) is 7.73. The minimum atomic E-state index is -0.396. The zero-order chi connectivity index (χ0) is 15.4. The summed E-state index contributed by atoms with van der Waals surface area (Å²) in [4.78, 5) is 25.7. The second-order valence-electron chi connectivity index (χ2n) is 4.95. The van der Waals surface area contributed by atoms with E-state index in [9.17, 15) is 14.0 Å². The summed E-state index contributed by atoms with van der Waals surface area (Å²) < 4.78 is 18.5. The summed E-state index contributed by atoms with van der Waals surface area (Å²) >= 11 is 3.08. The van der Waals surface area contributed by atoms with Gasteiger partial charge in [-0.25, -0.2) is 4.39 Å². The van der Waals surface area contributed by atoms with E-state index in [0.717, 1.165) is 0 Å². The topological polar surface area (TPSA) is 46.6 Å². The number of esters is 1. The smallest absolute Gasteiger partial charge is 0.309 e. The van der Waals surface area contributed by atoms with Crippen molar-refractivity contribution in [2.75, 3.05) is 19.7 Å². The molecule has 0 bridgehead atoms. The zero-order valence-electron chi connectivity index (χ0n) is 11.8. The molecule has 0 atom stereocenters. The van der Waals surface area contributed by atoms with E-state index in [1.165, 1.54) is 18.2 Å². The molecule has 0 N–H and O–H groups in total. The second-order valence-corrected chi connectivity index (χ2v) is 5.80. The van der Waals surface area contributed by atoms with Gasteiger partial charge in [-0.2, -0.15) is 0 Å². The molecule has 6 heteroatoms. The predicted octanol–water partition coefficient (Wildman–Crippen LogP) is 3.00. The van der Waals surface area contributed by atoms with Gasteiger partial charge in [-0.15, -0.1) is 0 Å². The lowest BCUT2D eigenvalue weighted by Crippen LogP contribution is -2.40. The number of halogens is 2. The Morgan fingerprint density at radius 3 is 2.62 bits per heavy atom. The molecule has 0 aromatic heterocycles. The van der Waals surface area contributed by atoms with E-state index in [1.807, 2.05) is 0 Å². The fraction of sp³-hybridized carbons (Fsp3) is 0.467. The Morgan fingerprint density at radius 2 is 2.05 bits per heavy atom. The Labute approximate surface area is 131 Å². The van der Waals surface area contributed by atoms with Gasteiger partial charge < -0.3 is 9.64 Å². The number of hydrogen-bond donors (Lipinski definition) is 0. The van der Waals surface area contributed by atoms with Crippen molar-refractivity contribution >= 4 is 27.8 Å². The third kappa shape index (κ3) is 3.81. The maximum Gasteiger partial charge on any atom is 0.309 e. The lowest BCUT2D eigenvalue weighted by molar-refractivity contribution is -0.149. The molecular formula is C15H17BrFNO3. The van der Waals surface area contributed by atoms with E-state index in [0.29, 0.717) is 38.1 Å². The van der Waals surface area contributed by atoms with Crippen LogP contribution in [0.4, 0.5) is 4.39 Å².